The zero-order chi connectivity index (χ0) is 22.8. The summed E-state index contributed by atoms with van der Waals surface area (Å²) < 4.78 is 23.9. The van der Waals surface area contributed by atoms with Crippen LogP contribution >= 0.6 is 0 Å². The van der Waals surface area contributed by atoms with Gasteiger partial charge in [0.2, 0.25) is 0 Å². The lowest BCUT2D eigenvalue weighted by atomic mass is 9.65. The molecule has 0 unspecified atom stereocenters. The summed E-state index contributed by atoms with van der Waals surface area (Å²) in [6, 6.07) is 0. The average molecular weight is 437 g/mol. The van der Waals surface area contributed by atoms with Crippen LogP contribution in [0.1, 0.15) is 73.1 Å². The number of carbonyl (C=O) groups is 2. The third-order valence-corrected chi connectivity index (χ3v) is 8.18. The molecule has 0 aromatic rings. The molecule has 7 atom stereocenters. The number of carbonyl (C=O) groups excluding carboxylic acids is 2. The van der Waals surface area contributed by atoms with Crippen LogP contribution in [0.4, 0.5) is 0 Å². The van der Waals surface area contributed by atoms with Gasteiger partial charge in [-0.3, -0.25) is 9.59 Å². The molecular formula is C24H36O7. The second-order valence-corrected chi connectivity index (χ2v) is 10.8. The van der Waals surface area contributed by atoms with Crippen LogP contribution in [0.5, 0.6) is 0 Å². The molecule has 1 spiro atoms. The summed E-state index contributed by atoms with van der Waals surface area (Å²) in [7, 11) is 0. The topological polar surface area (TPSA) is 97.9 Å². The lowest BCUT2D eigenvalue weighted by Gasteiger charge is -2.41. The fourth-order valence-corrected chi connectivity index (χ4v) is 6.52. The van der Waals surface area contributed by atoms with Crippen LogP contribution in [0.25, 0.3) is 0 Å². The number of epoxide rings is 2. The van der Waals surface area contributed by atoms with Crippen molar-refractivity contribution in [3.8, 4) is 0 Å². The number of hydrogen-bond acceptors (Lipinski definition) is 7. The smallest absolute Gasteiger partial charge is 0.302 e. The molecule has 2 heterocycles. The summed E-state index contributed by atoms with van der Waals surface area (Å²) in [6.07, 6.45) is 3.70. The minimum Gasteiger partial charge on any atom is -0.463 e. The number of aliphatic hydroxyl groups is 1. The summed E-state index contributed by atoms with van der Waals surface area (Å²) >= 11 is 0. The fourth-order valence-electron chi connectivity index (χ4n) is 6.52. The van der Waals surface area contributed by atoms with E-state index < -0.39 is 22.2 Å². The van der Waals surface area contributed by atoms with E-state index in [-0.39, 0.29) is 42.8 Å². The molecule has 2 aliphatic heterocycles. The zero-order valence-corrected chi connectivity index (χ0v) is 19.4. The Bertz CT molecular complexity index is 785. The molecule has 0 aromatic carbocycles. The quantitative estimate of drug-likeness (QED) is 0.411. The van der Waals surface area contributed by atoms with E-state index in [1.807, 2.05) is 13.8 Å². The molecule has 2 aliphatic carbocycles. The normalized spacial score (nSPS) is 44.3. The van der Waals surface area contributed by atoms with E-state index in [2.05, 4.69) is 13.5 Å². The van der Waals surface area contributed by atoms with Crippen molar-refractivity contribution in [2.75, 3.05) is 6.61 Å². The molecule has 0 radical (unpaired) electrons. The first-order valence-corrected chi connectivity index (χ1v) is 11.4. The van der Waals surface area contributed by atoms with Crippen LogP contribution in [0, 0.1) is 11.3 Å². The number of fused-ring (bicyclic) bond motifs is 1. The number of ether oxygens (including phenoxy) is 4. The first kappa shape index (κ1) is 22.7. The molecule has 0 amide bonds. The van der Waals surface area contributed by atoms with Gasteiger partial charge >= 0.3 is 11.9 Å². The molecule has 174 valence electrons. The van der Waals surface area contributed by atoms with Crippen molar-refractivity contribution in [1.29, 1.82) is 0 Å². The predicted octanol–water partition coefficient (Wildman–Crippen LogP) is 3.07. The second kappa shape index (κ2) is 7.29. The Morgan fingerprint density at radius 3 is 2.52 bits per heavy atom. The van der Waals surface area contributed by atoms with E-state index in [4.69, 9.17) is 18.9 Å². The minimum atomic E-state index is -0.947. The SMILES string of the molecule is C=C1CC[C@@H]2O[C@]2(COC(C)=O)C[C@H]2O[C@@]23[C@H](C(C)(C)O)CC[C@@]3(C)[C@H](OC(C)=O)C1. The lowest BCUT2D eigenvalue weighted by molar-refractivity contribution is -0.157. The Morgan fingerprint density at radius 1 is 1.19 bits per heavy atom. The largest absolute Gasteiger partial charge is 0.463 e. The monoisotopic (exact) mass is 436 g/mol. The van der Waals surface area contributed by atoms with E-state index >= 15 is 0 Å². The Morgan fingerprint density at radius 2 is 1.90 bits per heavy atom. The zero-order valence-electron chi connectivity index (χ0n) is 19.4. The average Bonchev–Trinajstić information content (AvgIpc) is 3.49. The van der Waals surface area contributed by atoms with Crippen molar-refractivity contribution in [3.63, 3.8) is 0 Å². The maximum Gasteiger partial charge on any atom is 0.302 e. The van der Waals surface area contributed by atoms with E-state index in [0.29, 0.717) is 12.8 Å². The van der Waals surface area contributed by atoms with Gasteiger partial charge in [-0.1, -0.05) is 19.1 Å². The summed E-state index contributed by atoms with van der Waals surface area (Å²) in [5.74, 6) is -0.751. The van der Waals surface area contributed by atoms with Crippen molar-refractivity contribution < 1.29 is 33.6 Å². The van der Waals surface area contributed by atoms with Gasteiger partial charge in [0.1, 0.15) is 23.9 Å². The van der Waals surface area contributed by atoms with Gasteiger partial charge in [-0.05, 0) is 39.5 Å². The van der Waals surface area contributed by atoms with Gasteiger partial charge in [0.25, 0.3) is 0 Å². The molecule has 1 N–H and O–H groups in total. The van der Waals surface area contributed by atoms with Crippen molar-refractivity contribution in [2.45, 2.75) is 108 Å². The summed E-state index contributed by atoms with van der Waals surface area (Å²) in [5.41, 5.74) is -1.60. The first-order chi connectivity index (χ1) is 14.3. The Balaban J connectivity index is 1.72. The molecule has 4 aliphatic rings. The van der Waals surface area contributed by atoms with Gasteiger partial charge in [-0.15, -0.1) is 0 Å². The van der Waals surface area contributed by atoms with Gasteiger partial charge in [-0.25, -0.2) is 0 Å². The highest BCUT2D eigenvalue weighted by molar-refractivity contribution is 5.66. The molecule has 31 heavy (non-hydrogen) atoms. The van der Waals surface area contributed by atoms with Crippen LogP contribution in [0.2, 0.25) is 0 Å². The highest BCUT2D eigenvalue weighted by Crippen LogP contribution is 2.70. The molecule has 7 nitrogen and oxygen atoms in total. The summed E-state index contributed by atoms with van der Waals surface area (Å²) in [4.78, 5) is 23.5. The van der Waals surface area contributed by atoms with Gasteiger partial charge in [0.15, 0.2) is 0 Å². The fraction of sp³-hybridized carbons (Fsp3) is 0.833. The third-order valence-electron chi connectivity index (χ3n) is 8.18. The highest BCUT2D eigenvalue weighted by Gasteiger charge is 2.79. The van der Waals surface area contributed by atoms with E-state index in [1.165, 1.54) is 13.8 Å². The molecule has 0 aromatic heterocycles. The standard InChI is InChI=1S/C24H36O7/c1-14-7-8-18-23(30-18,13-28-15(2)25)12-20-24(31-20)17(21(4,5)27)9-10-22(24,6)19(11-14)29-16(3)26/h17-20,27H,1,7-13H2,2-6H3/t17-,18-,19+,20+,22-,23-,24-/m0/s1. The van der Waals surface area contributed by atoms with Crippen LogP contribution in [0.15, 0.2) is 12.2 Å². The van der Waals surface area contributed by atoms with Crippen LogP contribution in [-0.4, -0.2) is 58.8 Å². The van der Waals surface area contributed by atoms with Crippen LogP contribution < -0.4 is 0 Å². The number of hydrogen-bond donors (Lipinski definition) is 1. The number of rotatable bonds is 4. The molecule has 2 saturated carbocycles. The molecule has 2 saturated heterocycles. The molecule has 4 fully saturated rings. The van der Waals surface area contributed by atoms with Gasteiger partial charge in [0.05, 0.1) is 17.8 Å². The van der Waals surface area contributed by atoms with E-state index in [9.17, 15) is 14.7 Å². The van der Waals surface area contributed by atoms with E-state index in [1.54, 1.807) is 0 Å². The first-order valence-electron chi connectivity index (χ1n) is 11.4. The second-order valence-electron chi connectivity index (χ2n) is 10.8. The summed E-state index contributed by atoms with van der Waals surface area (Å²) in [6.45, 7) is 13.1. The van der Waals surface area contributed by atoms with Gasteiger partial charge in [-0.2, -0.15) is 0 Å². The molecule has 4 rings (SSSR count). The third kappa shape index (κ3) is 3.72. The van der Waals surface area contributed by atoms with Crippen molar-refractivity contribution in [1.82, 2.24) is 0 Å². The summed E-state index contributed by atoms with van der Waals surface area (Å²) in [5, 5.41) is 11.0. The molecule has 7 heteroatoms. The van der Waals surface area contributed by atoms with Crippen LogP contribution in [0.3, 0.4) is 0 Å². The Kier molecular flexibility index (Phi) is 5.35. The Hall–Kier alpha value is -1.44. The highest BCUT2D eigenvalue weighted by atomic mass is 16.7. The molecule has 0 bridgehead atoms. The lowest BCUT2D eigenvalue weighted by Crippen LogP contribution is -2.52. The number of esters is 2. The predicted molar refractivity (Wildman–Crippen MR) is 112 cm³/mol. The minimum absolute atomic E-state index is 0.0247. The van der Waals surface area contributed by atoms with Crippen LogP contribution in [-0.2, 0) is 28.5 Å². The van der Waals surface area contributed by atoms with E-state index in [0.717, 1.165) is 31.3 Å². The molecular weight excluding hydrogens is 400 g/mol. The van der Waals surface area contributed by atoms with Gasteiger partial charge in [0, 0.05) is 38.0 Å². The van der Waals surface area contributed by atoms with Crippen molar-refractivity contribution >= 4 is 11.9 Å². The maximum absolute atomic E-state index is 12.0. The Labute approximate surface area is 184 Å². The van der Waals surface area contributed by atoms with Crippen molar-refractivity contribution in [2.24, 2.45) is 11.3 Å². The van der Waals surface area contributed by atoms with Gasteiger partial charge < -0.3 is 24.1 Å². The van der Waals surface area contributed by atoms with Crippen molar-refractivity contribution in [3.05, 3.63) is 12.2 Å². The maximum atomic E-state index is 12.0.